The van der Waals surface area contributed by atoms with Gasteiger partial charge in [0.1, 0.15) is 5.76 Å². The van der Waals surface area contributed by atoms with Crippen molar-refractivity contribution in [1.82, 2.24) is 5.32 Å². The highest BCUT2D eigenvalue weighted by Crippen LogP contribution is 2.33. The number of para-hydroxylation sites is 1. The SMILES string of the molecule is CCCNCc1oc2c(OCC)cccc2c1CCC. The van der Waals surface area contributed by atoms with Crippen molar-refractivity contribution in [2.45, 2.75) is 46.6 Å². The lowest BCUT2D eigenvalue weighted by Gasteiger charge is -2.03. The Morgan fingerprint density at radius 2 is 2.00 bits per heavy atom. The van der Waals surface area contributed by atoms with Crippen LogP contribution in [0, 0.1) is 0 Å². The molecule has 2 aromatic rings. The van der Waals surface area contributed by atoms with Gasteiger partial charge in [-0.25, -0.2) is 0 Å². The van der Waals surface area contributed by atoms with Crippen molar-refractivity contribution in [2.75, 3.05) is 13.2 Å². The highest BCUT2D eigenvalue weighted by molar-refractivity contribution is 5.87. The van der Waals surface area contributed by atoms with Crippen LogP contribution >= 0.6 is 0 Å². The van der Waals surface area contributed by atoms with E-state index in [1.54, 1.807) is 0 Å². The van der Waals surface area contributed by atoms with E-state index >= 15 is 0 Å². The zero-order valence-electron chi connectivity index (χ0n) is 12.8. The maximum absolute atomic E-state index is 6.09. The molecule has 0 fully saturated rings. The Bertz CT molecular complexity index is 545. The van der Waals surface area contributed by atoms with Crippen LogP contribution in [0.25, 0.3) is 11.0 Å². The van der Waals surface area contributed by atoms with E-state index < -0.39 is 0 Å². The molecule has 0 spiro atoms. The highest BCUT2D eigenvalue weighted by atomic mass is 16.5. The summed E-state index contributed by atoms with van der Waals surface area (Å²) >= 11 is 0. The third-order valence-corrected chi connectivity index (χ3v) is 3.38. The van der Waals surface area contributed by atoms with Gasteiger partial charge in [-0.05, 0) is 32.4 Å². The van der Waals surface area contributed by atoms with Gasteiger partial charge in [0.05, 0.1) is 13.2 Å². The molecule has 1 aromatic heterocycles. The molecule has 0 saturated carbocycles. The molecule has 1 N–H and O–H groups in total. The minimum absolute atomic E-state index is 0.659. The molecule has 0 saturated heterocycles. The first kappa shape index (κ1) is 14.9. The Morgan fingerprint density at radius 1 is 1.15 bits per heavy atom. The number of ether oxygens (including phenoxy) is 1. The topological polar surface area (TPSA) is 34.4 Å². The molecule has 110 valence electrons. The molecule has 0 amide bonds. The van der Waals surface area contributed by atoms with E-state index in [1.165, 1.54) is 10.9 Å². The average Bonchev–Trinajstić information content (AvgIpc) is 2.80. The largest absolute Gasteiger partial charge is 0.490 e. The predicted octanol–water partition coefficient (Wildman–Crippen LogP) is 4.28. The molecular formula is C17H25NO2. The van der Waals surface area contributed by atoms with Crippen LogP contribution in [0.1, 0.15) is 44.9 Å². The van der Waals surface area contributed by atoms with Crippen LogP contribution < -0.4 is 10.1 Å². The van der Waals surface area contributed by atoms with Crippen LogP contribution in [0.3, 0.4) is 0 Å². The fourth-order valence-electron chi connectivity index (χ4n) is 2.51. The minimum Gasteiger partial charge on any atom is -0.490 e. The number of hydrogen-bond donors (Lipinski definition) is 1. The summed E-state index contributed by atoms with van der Waals surface area (Å²) in [5, 5.41) is 4.63. The van der Waals surface area contributed by atoms with Crippen molar-refractivity contribution >= 4 is 11.0 Å². The second-order valence-electron chi connectivity index (χ2n) is 5.00. The van der Waals surface area contributed by atoms with Gasteiger partial charge in [-0.15, -0.1) is 0 Å². The summed E-state index contributed by atoms with van der Waals surface area (Å²) in [6.07, 6.45) is 3.30. The number of rotatable bonds is 8. The van der Waals surface area contributed by atoms with Gasteiger partial charge >= 0.3 is 0 Å². The maximum atomic E-state index is 6.09. The molecule has 0 atom stereocenters. The molecule has 0 radical (unpaired) electrons. The lowest BCUT2D eigenvalue weighted by molar-refractivity contribution is 0.337. The van der Waals surface area contributed by atoms with E-state index in [4.69, 9.17) is 9.15 Å². The molecule has 3 nitrogen and oxygen atoms in total. The highest BCUT2D eigenvalue weighted by Gasteiger charge is 2.16. The Morgan fingerprint density at radius 3 is 2.70 bits per heavy atom. The smallest absolute Gasteiger partial charge is 0.176 e. The number of hydrogen-bond acceptors (Lipinski definition) is 3. The number of aryl methyl sites for hydroxylation is 1. The average molecular weight is 275 g/mol. The Hall–Kier alpha value is -1.48. The number of furan rings is 1. The third-order valence-electron chi connectivity index (χ3n) is 3.38. The fourth-order valence-corrected chi connectivity index (χ4v) is 2.51. The van der Waals surface area contributed by atoms with Crippen LogP contribution in [0.4, 0.5) is 0 Å². The van der Waals surface area contributed by atoms with E-state index in [9.17, 15) is 0 Å². The van der Waals surface area contributed by atoms with Gasteiger partial charge in [-0.2, -0.15) is 0 Å². The molecule has 1 aromatic carbocycles. The molecule has 0 aliphatic rings. The molecule has 2 rings (SSSR count). The van der Waals surface area contributed by atoms with Crippen LogP contribution in [0.5, 0.6) is 5.75 Å². The summed E-state index contributed by atoms with van der Waals surface area (Å²) in [6.45, 7) is 8.84. The van der Waals surface area contributed by atoms with Gasteiger partial charge in [0.25, 0.3) is 0 Å². The molecule has 20 heavy (non-hydrogen) atoms. The molecular weight excluding hydrogens is 250 g/mol. The van der Waals surface area contributed by atoms with Gasteiger partial charge in [-0.1, -0.05) is 32.4 Å². The van der Waals surface area contributed by atoms with E-state index in [0.717, 1.165) is 49.4 Å². The van der Waals surface area contributed by atoms with Crippen molar-refractivity contribution in [2.24, 2.45) is 0 Å². The summed E-state index contributed by atoms with van der Waals surface area (Å²) in [5.41, 5.74) is 2.22. The van der Waals surface area contributed by atoms with Crippen molar-refractivity contribution in [3.8, 4) is 5.75 Å². The third kappa shape index (κ3) is 3.15. The van der Waals surface area contributed by atoms with Crippen molar-refractivity contribution in [1.29, 1.82) is 0 Å². The van der Waals surface area contributed by atoms with Crippen molar-refractivity contribution in [3.63, 3.8) is 0 Å². The molecule has 0 aliphatic heterocycles. The molecule has 3 heteroatoms. The van der Waals surface area contributed by atoms with E-state index in [1.807, 2.05) is 19.1 Å². The van der Waals surface area contributed by atoms with Crippen LogP contribution in [-0.4, -0.2) is 13.2 Å². The van der Waals surface area contributed by atoms with Gasteiger partial charge < -0.3 is 14.5 Å². The first-order valence-electron chi connectivity index (χ1n) is 7.68. The Kier molecular flexibility index (Phi) is 5.48. The summed E-state index contributed by atoms with van der Waals surface area (Å²) in [7, 11) is 0. The monoisotopic (exact) mass is 275 g/mol. The Balaban J connectivity index is 2.39. The predicted molar refractivity (Wildman–Crippen MR) is 83.4 cm³/mol. The molecule has 0 unspecified atom stereocenters. The lowest BCUT2D eigenvalue weighted by atomic mass is 10.1. The zero-order chi connectivity index (χ0) is 14.4. The molecule has 0 bridgehead atoms. The maximum Gasteiger partial charge on any atom is 0.176 e. The first-order chi connectivity index (χ1) is 9.81. The van der Waals surface area contributed by atoms with Crippen LogP contribution in [0.2, 0.25) is 0 Å². The van der Waals surface area contributed by atoms with Gasteiger partial charge in [0, 0.05) is 10.9 Å². The summed E-state index contributed by atoms with van der Waals surface area (Å²) in [4.78, 5) is 0. The van der Waals surface area contributed by atoms with Crippen molar-refractivity contribution in [3.05, 3.63) is 29.5 Å². The van der Waals surface area contributed by atoms with Crippen molar-refractivity contribution < 1.29 is 9.15 Å². The second-order valence-corrected chi connectivity index (χ2v) is 5.00. The second kappa shape index (κ2) is 7.34. The summed E-state index contributed by atoms with van der Waals surface area (Å²) in [6, 6.07) is 6.16. The lowest BCUT2D eigenvalue weighted by Crippen LogP contribution is -2.14. The number of benzene rings is 1. The number of fused-ring (bicyclic) bond motifs is 1. The van der Waals surface area contributed by atoms with Crippen LogP contribution in [-0.2, 0) is 13.0 Å². The fraction of sp³-hybridized carbons (Fsp3) is 0.529. The van der Waals surface area contributed by atoms with Gasteiger partial charge in [0.2, 0.25) is 0 Å². The van der Waals surface area contributed by atoms with Gasteiger partial charge in [-0.3, -0.25) is 0 Å². The van der Waals surface area contributed by atoms with E-state index in [-0.39, 0.29) is 0 Å². The zero-order valence-corrected chi connectivity index (χ0v) is 12.8. The van der Waals surface area contributed by atoms with Gasteiger partial charge in [0.15, 0.2) is 11.3 Å². The standard InChI is InChI=1S/C17H25NO2/c1-4-8-13-14-9-7-10-15(19-6-3)17(14)20-16(13)12-18-11-5-2/h7,9-10,18H,4-6,8,11-12H2,1-3H3. The van der Waals surface area contributed by atoms with Crippen LogP contribution in [0.15, 0.2) is 22.6 Å². The minimum atomic E-state index is 0.659. The Labute approximate surface area is 121 Å². The molecule has 0 aliphatic carbocycles. The van der Waals surface area contributed by atoms with E-state index in [0.29, 0.717) is 6.61 Å². The normalized spacial score (nSPS) is 11.2. The molecule has 1 heterocycles. The first-order valence-corrected chi connectivity index (χ1v) is 7.68. The quantitative estimate of drug-likeness (QED) is 0.730. The number of nitrogens with one attached hydrogen (secondary N) is 1. The summed E-state index contributed by atoms with van der Waals surface area (Å²) in [5.74, 6) is 1.91. The van der Waals surface area contributed by atoms with E-state index in [2.05, 4.69) is 25.2 Å². The summed E-state index contributed by atoms with van der Waals surface area (Å²) < 4.78 is 11.8.